The number of rotatable bonds is 1. The zero-order chi connectivity index (χ0) is 12.5. The monoisotopic (exact) mass is 228 g/mol. The van der Waals surface area contributed by atoms with E-state index in [2.05, 4.69) is 0 Å². The summed E-state index contributed by atoms with van der Waals surface area (Å²) in [7, 11) is 0. The van der Waals surface area contributed by atoms with Crippen molar-refractivity contribution in [3.05, 3.63) is 28.8 Å². The van der Waals surface area contributed by atoms with E-state index in [9.17, 15) is 18.0 Å². The summed E-state index contributed by atoms with van der Waals surface area (Å²) in [6.45, 7) is 1.00. The lowest BCUT2D eigenvalue weighted by molar-refractivity contribution is -0.138. The lowest BCUT2D eigenvalue weighted by Gasteiger charge is -2.13. The van der Waals surface area contributed by atoms with Crippen LogP contribution in [-0.2, 0) is 6.18 Å². The summed E-state index contributed by atoms with van der Waals surface area (Å²) >= 11 is 0. The van der Waals surface area contributed by atoms with Gasteiger partial charge in [-0.1, -0.05) is 0 Å². The Morgan fingerprint density at radius 1 is 1.44 bits per heavy atom. The number of hydrogen-bond acceptors (Lipinski definition) is 3. The number of anilines is 1. The number of nitrogens with zero attached hydrogens (tertiary/aromatic N) is 1. The molecule has 0 fully saturated rings. The number of nitrogen functional groups attached to an aromatic ring is 1. The lowest BCUT2D eigenvalue weighted by Crippen LogP contribution is -2.15. The smallest absolute Gasteiger partial charge is 0.398 e. The summed E-state index contributed by atoms with van der Waals surface area (Å²) in [5.74, 6) is -0.760. The average Bonchev–Trinajstić information content (AvgIpc) is 2.15. The van der Waals surface area contributed by atoms with E-state index in [0.29, 0.717) is 0 Å². The molecule has 84 valence electrons. The van der Waals surface area contributed by atoms with Gasteiger partial charge in [0.2, 0.25) is 0 Å². The van der Waals surface area contributed by atoms with Gasteiger partial charge in [0, 0.05) is 5.56 Å². The molecule has 0 bridgehead atoms. The van der Waals surface area contributed by atoms with Crippen molar-refractivity contribution in [3.8, 4) is 6.07 Å². The molecular weight excluding hydrogens is 221 g/mol. The van der Waals surface area contributed by atoms with Crippen molar-refractivity contribution in [1.29, 1.82) is 5.26 Å². The number of halogens is 3. The molecule has 0 heterocycles. The van der Waals surface area contributed by atoms with Crippen molar-refractivity contribution in [1.82, 2.24) is 0 Å². The van der Waals surface area contributed by atoms with Gasteiger partial charge < -0.3 is 5.73 Å². The fourth-order valence-electron chi connectivity index (χ4n) is 1.33. The van der Waals surface area contributed by atoms with Crippen molar-refractivity contribution in [2.75, 3.05) is 5.73 Å². The molecule has 0 aliphatic heterocycles. The largest absolute Gasteiger partial charge is 0.418 e. The minimum atomic E-state index is -4.78. The van der Waals surface area contributed by atoms with Crippen molar-refractivity contribution in [2.45, 2.75) is 13.1 Å². The number of benzene rings is 1. The Bertz CT molecular complexity index is 486. The maximum absolute atomic E-state index is 12.7. The van der Waals surface area contributed by atoms with E-state index < -0.39 is 28.6 Å². The number of Topliss-reactive ketones (excluding diaryl/α,β-unsaturated/α-hetero) is 1. The van der Waals surface area contributed by atoms with Gasteiger partial charge in [-0.05, 0) is 19.1 Å². The molecule has 0 aliphatic rings. The highest BCUT2D eigenvalue weighted by Gasteiger charge is 2.38. The first-order valence-electron chi connectivity index (χ1n) is 4.19. The molecule has 0 spiro atoms. The van der Waals surface area contributed by atoms with Crippen molar-refractivity contribution in [2.24, 2.45) is 0 Å². The van der Waals surface area contributed by atoms with Crippen LogP contribution in [0.25, 0.3) is 0 Å². The van der Waals surface area contributed by atoms with Gasteiger partial charge in [0.05, 0.1) is 16.8 Å². The molecule has 1 aromatic carbocycles. The van der Waals surface area contributed by atoms with E-state index in [0.717, 1.165) is 19.1 Å². The van der Waals surface area contributed by atoms with E-state index in [4.69, 9.17) is 11.0 Å². The standard InChI is InChI=1S/C10H7F3N2O/c1-5(16)6-2-3-8(15)7(4-14)9(6)10(11,12)13/h2-3H,15H2,1H3. The van der Waals surface area contributed by atoms with Gasteiger partial charge in [-0.3, -0.25) is 4.79 Å². The van der Waals surface area contributed by atoms with Crippen LogP contribution >= 0.6 is 0 Å². The molecule has 0 radical (unpaired) electrons. The Morgan fingerprint density at radius 2 is 2.00 bits per heavy atom. The number of carbonyl (C=O) groups is 1. The Morgan fingerprint density at radius 3 is 2.38 bits per heavy atom. The van der Waals surface area contributed by atoms with Gasteiger partial charge in [-0.15, -0.1) is 0 Å². The zero-order valence-corrected chi connectivity index (χ0v) is 8.22. The van der Waals surface area contributed by atoms with Gasteiger partial charge in [0.15, 0.2) is 5.78 Å². The topological polar surface area (TPSA) is 66.9 Å². The number of hydrogen-bond donors (Lipinski definition) is 1. The number of ketones is 1. The summed E-state index contributed by atoms with van der Waals surface area (Å²) < 4.78 is 38.0. The van der Waals surface area contributed by atoms with Crippen LogP contribution in [0.5, 0.6) is 0 Å². The van der Waals surface area contributed by atoms with Crippen molar-refractivity contribution < 1.29 is 18.0 Å². The van der Waals surface area contributed by atoms with Gasteiger partial charge in [0.1, 0.15) is 6.07 Å². The molecule has 2 N–H and O–H groups in total. The van der Waals surface area contributed by atoms with Gasteiger partial charge in [-0.25, -0.2) is 0 Å². The third kappa shape index (κ3) is 1.98. The fraction of sp³-hybridized carbons (Fsp3) is 0.200. The summed E-state index contributed by atoms with van der Waals surface area (Å²) in [4.78, 5) is 11.0. The first-order chi connectivity index (χ1) is 7.29. The Hall–Kier alpha value is -2.03. The normalized spacial score (nSPS) is 10.9. The molecule has 16 heavy (non-hydrogen) atoms. The van der Waals surface area contributed by atoms with Gasteiger partial charge in [-0.2, -0.15) is 18.4 Å². The molecule has 0 aliphatic carbocycles. The van der Waals surface area contributed by atoms with Crippen LogP contribution < -0.4 is 5.73 Å². The minimum absolute atomic E-state index is 0.292. The third-order valence-corrected chi connectivity index (χ3v) is 2.01. The maximum atomic E-state index is 12.7. The second-order valence-electron chi connectivity index (χ2n) is 3.12. The van der Waals surface area contributed by atoms with Crippen LogP contribution in [0.3, 0.4) is 0 Å². The quantitative estimate of drug-likeness (QED) is 0.592. The lowest BCUT2D eigenvalue weighted by atomic mass is 9.97. The highest BCUT2D eigenvalue weighted by molar-refractivity contribution is 5.97. The Balaban J connectivity index is 3.70. The Kier molecular flexibility index (Phi) is 2.90. The predicted molar refractivity (Wildman–Crippen MR) is 50.6 cm³/mol. The van der Waals surface area contributed by atoms with E-state index in [-0.39, 0.29) is 5.69 Å². The van der Waals surface area contributed by atoms with Crippen LogP contribution in [0.4, 0.5) is 18.9 Å². The molecule has 1 rings (SSSR count). The van der Waals surface area contributed by atoms with Crippen LogP contribution in [-0.4, -0.2) is 5.78 Å². The molecule has 3 nitrogen and oxygen atoms in total. The highest BCUT2D eigenvalue weighted by atomic mass is 19.4. The SMILES string of the molecule is CC(=O)c1ccc(N)c(C#N)c1C(F)(F)F. The summed E-state index contributed by atoms with van der Waals surface area (Å²) in [6.07, 6.45) is -4.78. The molecule has 0 unspecified atom stereocenters. The van der Waals surface area contributed by atoms with E-state index in [1.165, 1.54) is 6.07 Å². The third-order valence-electron chi connectivity index (χ3n) is 2.01. The number of carbonyl (C=O) groups excluding carboxylic acids is 1. The average molecular weight is 228 g/mol. The summed E-state index contributed by atoms with van der Waals surface area (Å²) in [5.41, 5.74) is 2.46. The molecule has 0 saturated carbocycles. The fourth-order valence-corrected chi connectivity index (χ4v) is 1.33. The maximum Gasteiger partial charge on any atom is 0.418 e. The van der Waals surface area contributed by atoms with Crippen LogP contribution in [0.15, 0.2) is 12.1 Å². The molecule has 0 aromatic heterocycles. The second kappa shape index (κ2) is 3.85. The second-order valence-corrected chi connectivity index (χ2v) is 3.12. The molecule has 6 heteroatoms. The van der Waals surface area contributed by atoms with Crippen molar-refractivity contribution in [3.63, 3.8) is 0 Å². The molecular formula is C10H7F3N2O. The van der Waals surface area contributed by atoms with E-state index in [1.54, 1.807) is 0 Å². The van der Waals surface area contributed by atoms with Crippen LogP contribution in [0.1, 0.15) is 28.4 Å². The van der Waals surface area contributed by atoms with Gasteiger partial charge >= 0.3 is 6.18 Å². The minimum Gasteiger partial charge on any atom is -0.398 e. The van der Waals surface area contributed by atoms with Gasteiger partial charge in [0.25, 0.3) is 0 Å². The highest BCUT2D eigenvalue weighted by Crippen LogP contribution is 2.36. The van der Waals surface area contributed by atoms with E-state index in [1.807, 2.05) is 0 Å². The summed E-state index contributed by atoms with van der Waals surface area (Å²) in [5, 5.41) is 8.63. The predicted octanol–water partition coefficient (Wildman–Crippen LogP) is 2.36. The van der Waals surface area contributed by atoms with Crippen molar-refractivity contribution >= 4 is 11.5 Å². The molecule has 0 atom stereocenters. The number of alkyl halides is 3. The zero-order valence-electron chi connectivity index (χ0n) is 8.22. The Labute approximate surface area is 89.3 Å². The van der Waals surface area contributed by atoms with Crippen LogP contribution in [0, 0.1) is 11.3 Å². The number of nitriles is 1. The first-order valence-corrected chi connectivity index (χ1v) is 4.19. The molecule has 1 aromatic rings. The van der Waals surface area contributed by atoms with Crippen LogP contribution in [0.2, 0.25) is 0 Å². The first kappa shape index (κ1) is 12.0. The molecule has 0 amide bonds. The number of nitrogens with two attached hydrogens (primary N) is 1. The molecule has 0 saturated heterocycles. The van der Waals surface area contributed by atoms with E-state index >= 15 is 0 Å². The summed E-state index contributed by atoms with van der Waals surface area (Å²) in [6, 6.07) is 3.46.